The number of carbonyl (C=O) groups is 3. The number of nitrogens with one attached hydrogen (secondary N) is 1. The number of esters is 2. The molecule has 0 saturated carbocycles. The Hall–Kier alpha value is -3.01. The summed E-state index contributed by atoms with van der Waals surface area (Å²) in [5.74, 6) is -2.67. The Morgan fingerprint density at radius 3 is 2.47 bits per heavy atom. The third-order valence-corrected chi connectivity index (χ3v) is 5.62. The lowest BCUT2D eigenvalue weighted by atomic mass is 10.2. The number of hydrogen-bond donors (Lipinski definition) is 1. The van der Waals surface area contributed by atoms with Crippen LogP contribution in [-0.4, -0.2) is 36.0 Å². The van der Waals surface area contributed by atoms with Crippen molar-refractivity contribution >= 4 is 58.1 Å². The van der Waals surface area contributed by atoms with Gasteiger partial charge in [0, 0.05) is 4.88 Å². The standard InChI is InChI=1S/C21H15Cl2FN2O5S/c1-2-30-21(29)19-14(9-15(32-19)11-3-5-12(24)6-4-11)25-17(27)10-31-20(28)18-13(22)7-8-16(23)26-18/h3-9H,2,10H2,1H3,(H,25,27). The van der Waals surface area contributed by atoms with E-state index in [1.165, 1.54) is 24.3 Å². The minimum absolute atomic E-state index is 0.0196. The summed E-state index contributed by atoms with van der Waals surface area (Å²) in [6.45, 7) is 1.13. The minimum atomic E-state index is -0.935. The van der Waals surface area contributed by atoms with Crippen LogP contribution in [0.5, 0.6) is 0 Å². The quantitative estimate of drug-likeness (QED) is 0.355. The number of rotatable bonds is 7. The van der Waals surface area contributed by atoms with Crippen LogP contribution in [0.1, 0.15) is 27.1 Å². The highest BCUT2D eigenvalue weighted by molar-refractivity contribution is 7.18. The topological polar surface area (TPSA) is 94.6 Å². The molecule has 0 aliphatic rings. The summed E-state index contributed by atoms with van der Waals surface area (Å²) in [7, 11) is 0. The summed E-state index contributed by atoms with van der Waals surface area (Å²) in [5, 5.41) is 2.58. The molecule has 3 aromatic rings. The highest BCUT2D eigenvalue weighted by atomic mass is 35.5. The zero-order valence-corrected chi connectivity index (χ0v) is 18.8. The average molecular weight is 497 g/mol. The van der Waals surface area contributed by atoms with Crippen molar-refractivity contribution in [2.75, 3.05) is 18.5 Å². The van der Waals surface area contributed by atoms with Gasteiger partial charge in [-0.3, -0.25) is 4.79 Å². The Labute approximate surface area is 196 Å². The largest absolute Gasteiger partial charge is 0.462 e. The lowest BCUT2D eigenvalue weighted by molar-refractivity contribution is -0.119. The van der Waals surface area contributed by atoms with Crippen LogP contribution in [0.2, 0.25) is 10.2 Å². The van der Waals surface area contributed by atoms with Crippen molar-refractivity contribution in [2.45, 2.75) is 6.92 Å². The van der Waals surface area contributed by atoms with Gasteiger partial charge < -0.3 is 14.8 Å². The molecule has 0 radical (unpaired) electrons. The number of anilines is 1. The predicted molar refractivity (Wildman–Crippen MR) is 119 cm³/mol. The molecule has 2 heterocycles. The van der Waals surface area contributed by atoms with E-state index in [0.717, 1.165) is 11.3 Å². The number of carbonyl (C=O) groups excluding carboxylic acids is 3. The van der Waals surface area contributed by atoms with Crippen LogP contribution in [0.25, 0.3) is 10.4 Å². The first kappa shape index (κ1) is 23.6. The molecular weight excluding hydrogens is 482 g/mol. The van der Waals surface area contributed by atoms with Gasteiger partial charge in [-0.05, 0) is 42.8 Å². The molecule has 0 bridgehead atoms. The fourth-order valence-corrected chi connectivity index (χ4v) is 3.88. The Morgan fingerprint density at radius 1 is 1.06 bits per heavy atom. The van der Waals surface area contributed by atoms with Crippen LogP contribution < -0.4 is 5.32 Å². The molecule has 1 N–H and O–H groups in total. The lowest BCUT2D eigenvalue weighted by Gasteiger charge is -2.08. The van der Waals surface area contributed by atoms with Gasteiger partial charge in [-0.15, -0.1) is 11.3 Å². The SMILES string of the molecule is CCOC(=O)c1sc(-c2ccc(F)cc2)cc1NC(=O)COC(=O)c1nc(Cl)ccc1Cl. The number of thiophene rings is 1. The van der Waals surface area contributed by atoms with Crippen molar-refractivity contribution in [3.63, 3.8) is 0 Å². The zero-order valence-electron chi connectivity index (χ0n) is 16.5. The predicted octanol–water partition coefficient (Wildman–Crippen LogP) is 5.23. The number of amides is 1. The normalized spacial score (nSPS) is 10.5. The van der Waals surface area contributed by atoms with Gasteiger partial charge in [0.15, 0.2) is 12.3 Å². The van der Waals surface area contributed by atoms with Crippen molar-refractivity contribution in [3.8, 4) is 10.4 Å². The molecule has 7 nitrogen and oxygen atoms in total. The molecule has 0 saturated heterocycles. The molecule has 166 valence electrons. The van der Waals surface area contributed by atoms with Gasteiger partial charge in [-0.1, -0.05) is 35.3 Å². The molecule has 0 aliphatic carbocycles. The van der Waals surface area contributed by atoms with Crippen molar-refractivity contribution in [2.24, 2.45) is 0 Å². The summed E-state index contributed by atoms with van der Waals surface area (Å²) in [6.07, 6.45) is 0. The summed E-state index contributed by atoms with van der Waals surface area (Å²) in [5.41, 5.74) is 0.594. The third kappa shape index (κ3) is 5.82. The molecule has 0 fully saturated rings. The molecule has 0 spiro atoms. The number of aromatic nitrogens is 1. The maximum absolute atomic E-state index is 13.2. The molecule has 0 unspecified atom stereocenters. The summed E-state index contributed by atoms with van der Waals surface area (Å²) < 4.78 is 23.2. The van der Waals surface area contributed by atoms with Crippen LogP contribution >= 0.6 is 34.5 Å². The van der Waals surface area contributed by atoms with Gasteiger partial charge in [0.05, 0.1) is 17.3 Å². The van der Waals surface area contributed by atoms with E-state index in [1.807, 2.05) is 0 Å². The highest BCUT2D eigenvalue weighted by Crippen LogP contribution is 2.35. The Balaban J connectivity index is 1.75. The van der Waals surface area contributed by atoms with Crippen LogP contribution in [0.4, 0.5) is 10.1 Å². The molecule has 2 aromatic heterocycles. The molecule has 0 atom stereocenters. The van der Waals surface area contributed by atoms with Gasteiger partial charge >= 0.3 is 11.9 Å². The van der Waals surface area contributed by atoms with E-state index < -0.39 is 30.3 Å². The van der Waals surface area contributed by atoms with Crippen molar-refractivity contribution in [1.29, 1.82) is 0 Å². The molecule has 3 rings (SSSR count). The first-order valence-electron chi connectivity index (χ1n) is 9.14. The van der Waals surface area contributed by atoms with Gasteiger partial charge in [-0.2, -0.15) is 0 Å². The van der Waals surface area contributed by atoms with Crippen LogP contribution in [0, 0.1) is 5.82 Å². The Morgan fingerprint density at radius 2 is 1.78 bits per heavy atom. The molecular formula is C21H15Cl2FN2O5S. The maximum Gasteiger partial charge on any atom is 0.359 e. The Kier molecular flexibility index (Phi) is 7.79. The number of nitrogens with zero attached hydrogens (tertiary/aromatic N) is 1. The van der Waals surface area contributed by atoms with Gasteiger partial charge in [0.25, 0.3) is 5.91 Å². The van der Waals surface area contributed by atoms with E-state index in [1.54, 1.807) is 25.1 Å². The minimum Gasteiger partial charge on any atom is -0.462 e. The fraction of sp³-hybridized carbons (Fsp3) is 0.143. The first-order valence-corrected chi connectivity index (χ1v) is 10.7. The van der Waals surface area contributed by atoms with Gasteiger partial charge in [0.2, 0.25) is 0 Å². The number of halogens is 3. The average Bonchev–Trinajstić information content (AvgIpc) is 3.18. The smallest absolute Gasteiger partial charge is 0.359 e. The second-order valence-corrected chi connectivity index (χ2v) is 8.02. The van der Waals surface area contributed by atoms with Crippen molar-refractivity contribution < 1.29 is 28.2 Å². The first-order chi connectivity index (χ1) is 15.3. The number of hydrogen-bond acceptors (Lipinski definition) is 7. The molecule has 1 amide bonds. The summed E-state index contributed by atoms with van der Waals surface area (Å²) >= 11 is 12.7. The lowest BCUT2D eigenvalue weighted by Crippen LogP contribution is -2.22. The highest BCUT2D eigenvalue weighted by Gasteiger charge is 2.21. The van der Waals surface area contributed by atoms with E-state index in [-0.39, 0.29) is 33.0 Å². The molecule has 0 aliphatic heterocycles. The van der Waals surface area contributed by atoms with E-state index in [4.69, 9.17) is 32.7 Å². The van der Waals surface area contributed by atoms with Gasteiger partial charge in [-0.25, -0.2) is 19.0 Å². The third-order valence-electron chi connectivity index (χ3n) is 3.94. The number of ether oxygens (including phenoxy) is 2. The van der Waals surface area contributed by atoms with Crippen LogP contribution in [0.15, 0.2) is 42.5 Å². The second kappa shape index (κ2) is 10.5. The fourth-order valence-electron chi connectivity index (χ4n) is 2.54. The number of pyridine rings is 1. The summed E-state index contributed by atoms with van der Waals surface area (Å²) in [6, 6.07) is 9.99. The van der Waals surface area contributed by atoms with Crippen LogP contribution in [0.3, 0.4) is 0 Å². The van der Waals surface area contributed by atoms with Gasteiger partial charge in [0.1, 0.15) is 15.8 Å². The maximum atomic E-state index is 13.2. The van der Waals surface area contributed by atoms with Crippen LogP contribution in [-0.2, 0) is 14.3 Å². The van der Waals surface area contributed by atoms with Crippen molar-refractivity contribution in [3.05, 3.63) is 69.0 Å². The summed E-state index contributed by atoms with van der Waals surface area (Å²) in [4.78, 5) is 41.3. The van der Waals surface area contributed by atoms with E-state index in [0.29, 0.717) is 10.4 Å². The zero-order chi connectivity index (χ0) is 23.3. The van der Waals surface area contributed by atoms with E-state index >= 15 is 0 Å². The monoisotopic (exact) mass is 496 g/mol. The van der Waals surface area contributed by atoms with Crippen molar-refractivity contribution in [1.82, 2.24) is 4.98 Å². The Bertz CT molecular complexity index is 1170. The molecule has 11 heteroatoms. The number of benzene rings is 1. The second-order valence-electron chi connectivity index (χ2n) is 6.17. The molecule has 1 aromatic carbocycles. The van der Waals surface area contributed by atoms with E-state index in [9.17, 15) is 18.8 Å². The van der Waals surface area contributed by atoms with E-state index in [2.05, 4.69) is 10.3 Å². The molecule has 32 heavy (non-hydrogen) atoms.